The van der Waals surface area contributed by atoms with Gasteiger partial charge in [-0.1, -0.05) is 0 Å². The lowest BCUT2D eigenvalue weighted by Gasteiger charge is -2.07. The molecule has 0 saturated carbocycles. The summed E-state index contributed by atoms with van der Waals surface area (Å²) in [6.45, 7) is 0. The van der Waals surface area contributed by atoms with E-state index in [4.69, 9.17) is 5.14 Å². The van der Waals surface area contributed by atoms with Gasteiger partial charge in [-0.2, -0.15) is 0 Å². The summed E-state index contributed by atoms with van der Waals surface area (Å²) in [5, 5.41) is 4.87. The van der Waals surface area contributed by atoms with E-state index in [1.54, 1.807) is 0 Å². The minimum absolute atomic E-state index is 0.00208. The van der Waals surface area contributed by atoms with Crippen molar-refractivity contribution in [2.75, 3.05) is 0 Å². The van der Waals surface area contributed by atoms with Gasteiger partial charge in [-0.15, -0.1) is 0 Å². The number of primary sulfonamides is 1. The Bertz CT molecular complexity index is 494. The van der Waals surface area contributed by atoms with Crippen LogP contribution in [0.3, 0.4) is 0 Å². The van der Waals surface area contributed by atoms with Crippen LogP contribution >= 0.6 is 38.5 Å². The highest BCUT2D eigenvalue weighted by Crippen LogP contribution is 2.29. The van der Waals surface area contributed by atoms with Crippen molar-refractivity contribution in [1.82, 2.24) is 4.98 Å². The zero-order chi connectivity index (χ0) is 11.8. The quantitative estimate of drug-likeness (QED) is 0.596. The summed E-state index contributed by atoms with van der Waals surface area (Å²) in [7, 11) is -4.02. The van der Waals surface area contributed by atoms with E-state index < -0.39 is 22.1 Å². The molecule has 0 bridgehead atoms. The molecule has 0 atom stereocenters. The lowest BCUT2D eigenvalue weighted by Crippen LogP contribution is -2.15. The van der Waals surface area contributed by atoms with Crippen molar-refractivity contribution in [3.8, 4) is 0 Å². The van der Waals surface area contributed by atoms with Gasteiger partial charge < -0.3 is 0 Å². The van der Waals surface area contributed by atoms with Gasteiger partial charge in [0.15, 0.2) is 0 Å². The highest BCUT2D eigenvalue weighted by molar-refractivity contribution is 14.1. The number of aromatic nitrogens is 1. The predicted molar refractivity (Wildman–Crippen MR) is 61.0 cm³/mol. The Morgan fingerprint density at radius 2 is 2.07 bits per heavy atom. The molecule has 0 aliphatic carbocycles. The normalized spacial score (nSPS) is 12.1. The van der Waals surface area contributed by atoms with Gasteiger partial charge in [0.05, 0.1) is 8.47 Å². The van der Waals surface area contributed by atoms with Gasteiger partial charge in [-0.25, -0.2) is 27.3 Å². The fourth-order valence-corrected chi connectivity index (χ4v) is 3.48. The molecule has 0 aromatic carbocycles. The monoisotopic (exact) mass is 412 g/mol. The summed E-state index contributed by atoms with van der Waals surface area (Å²) in [6, 6.07) is 1.09. The summed E-state index contributed by atoms with van der Waals surface area (Å²) in [4.78, 5) is 3.12. The first-order valence-corrected chi connectivity index (χ1v) is 6.82. The Hall–Kier alpha value is 0.130. The number of alkyl halides is 2. The first-order chi connectivity index (χ1) is 6.73. The first-order valence-electron chi connectivity index (χ1n) is 3.40. The third-order valence-corrected chi connectivity index (χ3v) is 4.27. The van der Waals surface area contributed by atoms with Crippen LogP contribution in [0.25, 0.3) is 0 Å². The molecule has 0 fully saturated rings. The van der Waals surface area contributed by atoms with E-state index >= 15 is 0 Å². The highest BCUT2D eigenvalue weighted by atomic mass is 127. The molecule has 9 heteroatoms. The van der Waals surface area contributed by atoms with E-state index in [1.165, 1.54) is 22.6 Å². The molecule has 0 spiro atoms. The second-order valence-corrected chi connectivity index (χ2v) is 5.91. The molecule has 0 saturated heterocycles. The van der Waals surface area contributed by atoms with Crippen molar-refractivity contribution < 1.29 is 17.2 Å². The number of rotatable bonds is 2. The van der Waals surface area contributed by atoms with Crippen molar-refractivity contribution in [3.63, 3.8) is 0 Å². The number of nitrogens with two attached hydrogens (primary N) is 1. The maximum atomic E-state index is 12.5. The molecule has 15 heavy (non-hydrogen) atoms. The summed E-state index contributed by atoms with van der Waals surface area (Å²) < 4.78 is 46.9. The predicted octanol–water partition coefficient (Wildman–Crippen LogP) is 2.03. The van der Waals surface area contributed by atoms with Crippen LogP contribution < -0.4 is 5.14 Å². The fourth-order valence-electron chi connectivity index (χ4n) is 0.846. The molecular weight excluding hydrogens is 409 g/mol. The van der Waals surface area contributed by atoms with Crippen molar-refractivity contribution in [3.05, 3.63) is 19.9 Å². The number of halogens is 4. The second kappa shape index (κ2) is 4.55. The Morgan fingerprint density at radius 1 is 1.53 bits per heavy atom. The lowest BCUT2D eigenvalue weighted by molar-refractivity contribution is 0.144. The van der Waals surface area contributed by atoms with Crippen molar-refractivity contribution in [2.45, 2.75) is 11.3 Å². The molecule has 0 aliphatic heterocycles. The van der Waals surface area contributed by atoms with Crippen LogP contribution in [0.5, 0.6) is 0 Å². The first kappa shape index (κ1) is 13.2. The lowest BCUT2D eigenvalue weighted by atomic mass is 10.4. The molecular formula is C6H4BrF2IN2O2S. The molecule has 4 nitrogen and oxygen atoms in total. The van der Waals surface area contributed by atoms with Crippen molar-refractivity contribution in [2.24, 2.45) is 5.14 Å². The SMILES string of the molecule is NS(=O)(=O)c1cc(Br)nc(C(F)F)c1I. The van der Waals surface area contributed by atoms with Crippen LogP contribution in [0.1, 0.15) is 12.1 Å². The van der Waals surface area contributed by atoms with Gasteiger partial charge in [-0.05, 0) is 44.6 Å². The van der Waals surface area contributed by atoms with E-state index in [9.17, 15) is 17.2 Å². The number of pyridine rings is 1. The fraction of sp³-hybridized carbons (Fsp3) is 0.167. The number of sulfonamides is 1. The molecule has 1 rings (SSSR count). The van der Waals surface area contributed by atoms with Gasteiger partial charge in [-0.3, -0.25) is 0 Å². The topological polar surface area (TPSA) is 73.1 Å². The minimum atomic E-state index is -4.02. The third-order valence-electron chi connectivity index (χ3n) is 1.43. The molecule has 1 aromatic rings. The third kappa shape index (κ3) is 3.04. The molecule has 0 amide bonds. The number of hydrogen-bond donors (Lipinski definition) is 1. The van der Waals surface area contributed by atoms with Gasteiger partial charge in [0.25, 0.3) is 6.43 Å². The molecule has 1 aromatic heterocycles. The van der Waals surface area contributed by atoms with E-state index in [1.807, 2.05) is 0 Å². The highest BCUT2D eigenvalue weighted by Gasteiger charge is 2.22. The Kier molecular flexibility index (Phi) is 4.01. The van der Waals surface area contributed by atoms with Crippen molar-refractivity contribution >= 4 is 48.5 Å². The molecule has 0 radical (unpaired) electrons. The van der Waals surface area contributed by atoms with Gasteiger partial charge >= 0.3 is 0 Å². The van der Waals surface area contributed by atoms with Crippen LogP contribution in [0.15, 0.2) is 15.6 Å². The van der Waals surface area contributed by atoms with Crippen LogP contribution in [0, 0.1) is 3.57 Å². The largest absolute Gasteiger partial charge is 0.281 e. The molecule has 2 N–H and O–H groups in total. The van der Waals surface area contributed by atoms with Gasteiger partial charge in [0.1, 0.15) is 10.3 Å². The van der Waals surface area contributed by atoms with E-state index in [-0.39, 0.29) is 13.1 Å². The average Bonchev–Trinajstić information content (AvgIpc) is 2.06. The summed E-state index contributed by atoms with van der Waals surface area (Å²) >= 11 is 4.32. The Morgan fingerprint density at radius 3 is 2.47 bits per heavy atom. The summed E-state index contributed by atoms with van der Waals surface area (Å²) in [6.07, 6.45) is -2.85. The van der Waals surface area contributed by atoms with E-state index in [2.05, 4.69) is 20.9 Å². The van der Waals surface area contributed by atoms with Crippen molar-refractivity contribution in [1.29, 1.82) is 0 Å². The smallest absolute Gasteiger partial charge is 0.239 e. The zero-order valence-corrected chi connectivity index (χ0v) is 11.5. The van der Waals surface area contributed by atoms with Gasteiger partial charge in [0.2, 0.25) is 10.0 Å². The minimum Gasteiger partial charge on any atom is -0.239 e. The van der Waals surface area contributed by atoms with Gasteiger partial charge in [0, 0.05) is 0 Å². The van der Waals surface area contributed by atoms with Crippen LogP contribution in [0.2, 0.25) is 0 Å². The maximum Gasteiger partial charge on any atom is 0.281 e. The average molecular weight is 413 g/mol. The standard InChI is InChI=1S/C6H4BrF2IN2O2S/c7-3-1-2(15(11,13)14)4(10)5(12-3)6(8)9/h1,6H,(H2,11,13,14). The maximum absolute atomic E-state index is 12.5. The summed E-state index contributed by atoms with van der Waals surface area (Å²) in [5.41, 5.74) is -0.603. The molecule has 84 valence electrons. The molecule has 1 heterocycles. The number of hydrogen-bond acceptors (Lipinski definition) is 3. The van der Waals surface area contributed by atoms with Crippen LogP contribution in [-0.2, 0) is 10.0 Å². The van der Waals surface area contributed by atoms with Crippen LogP contribution in [0.4, 0.5) is 8.78 Å². The second-order valence-electron chi connectivity index (χ2n) is 2.49. The zero-order valence-electron chi connectivity index (χ0n) is 6.92. The Balaban J connectivity index is 3.56. The van der Waals surface area contributed by atoms with E-state index in [0.29, 0.717) is 0 Å². The molecule has 0 unspecified atom stereocenters. The van der Waals surface area contributed by atoms with Crippen LogP contribution in [-0.4, -0.2) is 13.4 Å². The summed E-state index contributed by atoms with van der Waals surface area (Å²) in [5.74, 6) is 0. The number of nitrogens with zero attached hydrogens (tertiary/aromatic N) is 1. The Labute approximate surface area is 107 Å². The van der Waals surface area contributed by atoms with E-state index in [0.717, 1.165) is 6.07 Å². The molecule has 0 aliphatic rings.